The molecule has 1 aromatic carbocycles. The van der Waals surface area contributed by atoms with Crippen LogP contribution in [0, 0.1) is 0 Å². The highest BCUT2D eigenvalue weighted by Crippen LogP contribution is 2.40. The predicted octanol–water partition coefficient (Wildman–Crippen LogP) is 2.88. The van der Waals surface area contributed by atoms with Gasteiger partial charge in [0.25, 0.3) is 0 Å². The van der Waals surface area contributed by atoms with Crippen molar-refractivity contribution in [3.8, 4) is 17.2 Å². The molecule has 4 N–H and O–H groups in total. The van der Waals surface area contributed by atoms with Crippen LogP contribution in [0.15, 0.2) is 30.5 Å². The number of alkyl halides is 1. The van der Waals surface area contributed by atoms with E-state index in [9.17, 15) is 9.60 Å². The molecule has 2 atom stereocenters. The number of fused-ring (bicyclic) bond motifs is 1. The van der Waals surface area contributed by atoms with Gasteiger partial charge in [-0.3, -0.25) is 0 Å². The Morgan fingerprint density at radius 3 is 2.49 bits per heavy atom. The first-order valence-electron chi connectivity index (χ1n) is 10.8. The van der Waals surface area contributed by atoms with Gasteiger partial charge in [0.05, 0.1) is 40.1 Å². The van der Waals surface area contributed by atoms with Gasteiger partial charge in [0.15, 0.2) is 28.1 Å². The molecule has 35 heavy (non-hydrogen) atoms. The lowest BCUT2D eigenvalue weighted by molar-refractivity contribution is -0.125. The smallest absolute Gasteiger partial charge is 0.203 e. The number of rotatable bonds is 7. The van der Waals surface area contributed by atoms with Crippen LogP contribution in [0.4, 0.5) is 21.7 Å². The quantitative estimate of drug-likeness (QED) is 0.354. The highest BCUT2D eigenvalue weighted by molar-refractivity contribution is 7.80. The maximum atomic E-state index is 14.2. The van der Waals surface area contributed by atoms with E-state index >= 15 is 0 Å². The summed E-state index contributed by atoms with van der Waals surface area (Å²) in [7, 11) is 4.62. The zero-order valence-corrected chi connectivity index (χ0v) is 20.2. The Labute approximate surface area is 206 Å². The number of aromatic nitrogens is 3. The summed E-state index contributed by atoms with van der Waals surface area (Å²) < 4.78 is 30.3. The summed E-state index contributed by atoms with van der Waals surface area (Å²) in [5.41, 5.74) is 1.62. The van der Waals surface area contributed by atoms with E-state index in [1.54, 1.807) is 30.5 Å². The third kappa shape index (κ3) is 5.75. The number of methoxy groups -OCH3 is 3. The molecule has 186 valence electrons. The molecule has 13 heteroatoms. The van der Waals surface area contributed by atoms with Crippen molar-refractivity contribution < 1.29 is 23.8 Å². The van der Waals surface area contributed by atoms with Crippen LogP contribution in [-0.4, -0.2) is 77.0 Å². The molecule has 0 saturated carbocycles. The molecule has 1 fully saturated rings. The highest BCUT2D eigenvalue weighted by atomic mass is 32.1. The van der Waals surface area contributed by atoms with Crippen LogP contribution in [-0.2, 0) is 0 Å². The minimum atomic E-state index is -1.24. The summed E-state index contributed by atoms with van der Waals surface area (Å²) in [6.45, 7) is 0.304. The van der Waals surface area contributed by atoms with Gasteiger partial charge in [-0.05, 0) is 30.8 Å². The van der Waals surface area contributed by atoms with Gasteiger partial charge in [0.2, 0.25) is 5.75 Å². The van der Waals surface area contributed by atoms with Crippen molar-refractivity contribution in [3.63, 3.8) is 0 Å². The molecule has 0 bridgehead atoms. The maximum Gasteiger partial charge on any atom is 0.203 e. The van der Waals surface area contributed by atoms with Gasteiger partial charge in [-0.1, -0.05) is 0 Å². The normalized spacial score (nSPS) is 18.1. The van der Waals surface area contributed by atoms with Crippen LogP contribution in [0.25, 0.3) is 11.2 Å². The summed E-state index contributed by atoms with van der Waals surface area (Å²) in [6, 6.07) is 6.48. The van der Waals surface area contributed by atoms with E-state index in [1.807, 2.05) is 0 Å². The van der Waals surface area contributed by atoms with Crippen molar-refractivity contribution in [3.05, 3.63) is 30.5 Å². The molecule has 0 spiro atoms. The molecule has 1 aliphatic rings. The molecule has 4 rings (SSSR count). The molecule has 0 radical (unpaired) electrons. The fraction of sp³-hybridized carbons (Fsp3) is 0.364. The van der Waals surface area contributed by atoms with Crippen molar-refractivity contribution in [1.82, 2.24) is 25.3 Å². The number of pyridine rings is 1. The number of thiocarbonyl (C=S) groups is 1. The maximum absolute atomic E-state index is 14.2. The van der Waals surface area contributed by atoms with Gasteiger partial charge in [-0.2, -0.15) is 5.06 Å². The monoisotopic (exact) mass is 503 g/mol. The number of hydrogen-bond donors (Lipinski definition) is 4. The van der Waals surface area contributed by atoms with Crippen LogP contribution < -0.4 is 30.2 Å². The second kappa shape index (κ2) is 10.8. The molecule has 3 aromatic rings. The predicted molar refractivity (Wildman–Crippen MR) is 133 cm³/mol. The number of hydrogen-bond acceptors (Lipinski definition) is 10. The van der Waals surface area contributed by atoms with Gasteiger partial charge in [0.1, 0.15) is 17.5 Å². The summed E-state index contributed by atoms with van der Waals surface area (Å²) >= 11 is 5.31. The number of hydroxylamine groups is 2. The van der Waals surface area contributed by atoms with Gasteiger partial charge >= 0.3 is 0 Å². The van der Waals surface area contributed by atoms with Crippen molar-refractivity contribution >= 4 is 45.8 Å². The van der Waals surface area contributed by atoms with Crippen molar-refractivity contribution in [2.24, 2.45) is 0 Å². The SMILES string of the molecule is COc1cc(Nc2cnc3ccc(NC(=S)NC4CCN(O)CC4F)nc3n2)cc(OC)c1OC. The number of piperidine rings is 1. The molecular weight excluding hydrogens is 477 g/mol. The summed E-state index contributed by atoms with van der Waals surface area (Å²) in [5.74, 6) is 2.35. The Hall–Kier alpha value is -3.55. The Kier molecular flexibility index (Phi) is 7.58. The van der Waals surface area contributed by atoms with E-state index in [1.165, 1.54) is 21.3 Å². The lowest BCUT2D eigenvalue weighted by Crippen LogP contribution is -2.52. The lowest BCUT2D eigenvalue weighted by Gasteiger charge is -2.32. The van der Waals surface area contributed by atoms with Gasteiger partial charge in [0, 0.05) is 24.4 Å². The molecule has 1 aliphatic heterocycles. The molecule has 11 nitrogen and oxygen atoms in total. The lowest BCUT2D eigenvalue weighted by atomic mass is 10.1. The van der Waals surface area contributed by atoms with Crippen molar-refractivity contribution in [2.75, 3.05) is 45.1 Å². The number of anilines is 3. The first-order chi connectivity index (χ1) is 16.9. The first-order valence-corrected chi connectivity index (χ1v) is 11.2. The molecule has 0 aliphatic carbocycles. The van der Waals surface area contributed by atoms with Crippen LogP contribution in [0.2, 0.25) is 0 Å². The number of halogens is 1. The van der Waals surface area contributed by atoms with Crippen LogP contribution in [0.5, 0.6) is 17.2 Å². The average Bonchev–Trinajstić information content (AvgIpc) is 2.84. The number of nitrogens with zero attached hydrogens (tertiary/aromatic N) is 4. The standard InChI is InChI=1S/C22H26FN7O4S/c1-32-16-8-12(9-17(33-2)20(16)34-3)25-19-10-24-15-4-5-18(27-21(15)28-19)29-22(35)26-14-6-7-30(31)11-13(14)23/h4-5,8-10,13-14,31H,6-7,11H2,1-3H3,(H3,25,26,27,28,29,35). The fourth-order valence-electron chi connectivity index (χ4n) is 3.70. The molecule has 3 heterocycles. The summed E-state index contributed by atoms with van der Waals surface area (Å²) in [6.07, 6.45) is 0.765. The number of nitrogens with one attached hydrogen (secondary N) is 3. The van der Waals surface area contributed by atoms with Gasteiger partial charge < -0.3 is 35.4 Å². The van der Waals surface area contributed by atoms with Crippen LogP contribution >= 0.6 is 12.2 Å². The Morgan fingerprint density at radius 1 is 1.11 bits per heavy atom. The third-order valence-corrected chi connectivity index (χ3v) is 5.64. The number of benzene rings is 1. The zero-order chi connectivity index (χ0) is 24.9. The van der Waals surface area contributed by atoms with E-state index in [2.05, 4.69) is 30.9 Å². The van der Waals surface area contributed by atoms with Crippen LogP contribution in [0.3, 0.4) is 0 Å². The summed E-state index contributed by atoms with van der Waals surface area (Å²) in [4.78, 5) is 13.4. The van der Waals surface area contributed by atoms with E-state index in [0.717, 1.165) is 5.06 Å². The van der Waals surface area contributed by atoms with Gasteiger partial charge in [-0.15, -0.1) is 0 Å². The molecule has 1 saturated heterocycles. The topological polar surface area (TPSA) is 126 Å². The van der Waals surface area contributed by atoms with E-state index in [0.29, 0.717) is 58.7 Å². The summed E-state index contributed by atoms with van der Waals surface area (Å²) in [5, 5.41) is 19.7. The van der Waals surface area contributed by atoms with Gasteiger partial charge in [-0.25, -0.2) is 19.3 Å². The molecule has 2 unspecified atom stereocenters. The molecule has 2 aromatic heterocycles. The Balaban J connectivity index is 1.49. The van der Waals surface area contributed by atoms with Crippen molar-refractivity contribution in [2.45, 2.75) is 18.6 Å². The largest absolute Gasteiger partial charge is 0.493 e. The first kappa shape index (κ1) is 24.6. The van der Waals surface area contributed by atoms with E-state index in [-0.39, 0.29) is 11.7 Å². The number of ether oxygens (including phenoxy) is 3. The Bertz CT molecular complexity index is 1190. The minimum Gasteiger partial charge on any atom is -0.493 e. The molecular formula is C22H26FN7O4S. The van der Waals surface area contributed by atoms with E-state index < -0.39 is 12.2 Å². The third-order valence-electron chi connectivity index (χ3n) is 5.42. The van der Waals surface area contributed by atoms with Crippen LogP contribution in [0.1, 0.15) is 6.42 Å². The highest BCUT2D eigenvalue weighted by Gasteiger charge is 2.29. The second-order valence-electron chi connectivity index (χ2n) is 7.76. The Morgan fingerprint density at radius 2 is 1.83 bits per heavy atom. The molecule has 0 amide bonds. The zero-order valence-electron chi connectivity index (χ0n) is 19.4. The van der Waals surface area contributed by atoms with E-state index in [4.69, 9.17) is 26.4 Å². The minimum absolute atomic E-state index is 0.0637. The average molecular weight is 504 g/mol. The van der Waals surface area contributed by atoms with Crippen molar-refractivity contribution in [1.29, 1.82) is 0 Å². The second-order valence-corrected chi connectivity index (χ2v) is 8.16. The fourth-order valence-corrected chi connectivity index (χ4v) is 3.96.